The molecule has 15 heavy (non-hydrogen) atoms. The fraction of sp³-hybridized carbons (Fsp3) is 0.538. The Labute approximate surface area is 98.7 Å². The Kier molecular flexibility index (Phi) is 4.23. The highest BCUT2D eigenvalue weighted by molar-refractivity contribution is 7.80. The quantitative estimate of drug-likeness (QED) is 0.750. The second-order valence-corrected chi connectivity index (χ2v) is 4.56. The van der Waals surface area contributed by atoms with Gasteiger partial charge in [-0.1, -0.05) is 6.07 Å². The first-order valence-corrected chi connectivity index (χ1v) is 6.01. The van der Waals surface area contributed by atoms with Crippen molar-refractivity contribution in [2.75, 3.05) is 12.8 Å². The number of aryl methyl sites for hydroxylation is 2. The van der Waals surface area contributed by atoms with Gasteiger partial charge in [0.2, 0.25) is 0 Å². The van der Waals surface area contributed by atoms with Crippen LogP contribution in [0.4, 0.5) is 0 Å². The molecule has 0 bridgehead atoms. The van der Waals surface area contributed by atoms with Gasteiger partial charge < -0.3 is 5.32 Å². The fourth-order valence-electron chi connectivity index (χ4n) is 2.10. The Balaban J connectivity index is 3.37. The molecule has 0 fully saturated rings. The van der Waals surface area contributed by atoms with Crippen LogP contribution in [0.3, 0.4) is 0 Å². The van der Waals surface area contributed by atoms with E-state index in [0.717, 1.165) is 5.75 Å². The van der Waals surface area contributed by atoms with E-state index in [1.54, 1.807) is 0 Å². The van der Waals surface area contributed by atoms with Crippen molar-refractivity contribution in [3.05, 3.63) is 33.9 Å². The Hall–Kier alpha value is -0.470. The van der Waals surface area contributed by atoms with Gasteiger partial charge in [-0.2, -0.15) is 12.6 Å². The van der Waals surface area contributed by atoms with Crippen molar-refractivity contribution in [1.29, 1.82) is 0 Å². The molecule has 0 heterocycles. The number of nitrogens with one attached hydrogen (secondary N) is 1. The highest BCUT2D eigenvalue weighted by Gasteiger charge is 2.15. The Morgan fingerprint density at radius 2 is 1.60 bits per heavy atom. The minimum Gasteiger partial charge on any atom is -0.312 e. The molecule has 0 aliphatic heterocycles. The summed E-state index contributed by atoms with van der Waals surface area (Å²) in [4.78, 5) is 0. The summed E-state index contributed by atoms with van der Waals surface area (Å²) in [5.41, 5.74) is 6.95. The first-order chi connectivity index (χ1) is 7.02. The van der Waals surface area contributed by atoms with Crippen molar-refractivity contribution in [2.24, 2.45) is 0 Å². The van der Waals surface area contributed by atoms with E-state index in [-0.39, 0.29) is 0 Å². The van der Waals surface area contributed by atoms with E-state index in [1.165, 1.54) is 27.8 Å². The van der Waals surface area contributed by atoms with Crippen LogP contribution in [0.2, 0.25) is 0 Å². The van der Waals surface area contributed by atoms with Gasteiger partial charge in [-0.05, 0) is 62.6 Å². The van der Waals surface area contributed by atoms with Gasteiger partial charge in [0.15, 0.2) is 0 Å². The third-order valence-corrected chi connectivity index (χ3v) is 3.67. The molecule has 84 valence electrons. The van der Waals surface area contributed by atoms with Crippen LogP contribution in [0.25, 0.3) is 0 Å². The van der Waals surface area contributed by atoms with E-state index >= 15 is 0 Å². The summed E-state index contributed by atoms with van der Waals surface area (Å²) in [6, 6.07) is 2.62. The monoisotopic (exact) mass is 223 g/mol. The van der Waals surface area contributed by atoms with Crippen LogP contribution in [-0.2, 0) is 0 Å². The van der Waals surface area contributed by atoms with E-state index in [2.05, 4.69) is 51.7 Å². The predicted molar refractivity (Wildman–Crippen MR) is 71.0 cm³/mol. The van der Waals surface area contributed by atoms with E-state index in [0.29, 0.717) is 6.04 Å². The molecule has 0 aliphatic rings. The van der Waals surface area contributed by atoms with Gasteiger partial charge in [-0.15, -0.1) is 0 Å². The van der Waals surface area contributed by atoms with Gasteiger partial charge in [-0.25, -0.2) is 0 Å². The average Bonchev–Trinajstić information content (AvgIpc) is 2.21. The largest absolute Gasteiger partial charge is 0.312 e. The molecular formula is C13H21NS. The first kappa shape index (κ1) is 12.6. The highest BCUT2D eigenvalue weighted by atomic mass is 32.1. The molecule has 1 unspecified atom stereocenters. The van der Waals surface area contributed by atoms with Gasteiger partial charge in [0.1, 0.15) is 0 Å². The minimum atomic E-state index is 0.354. The second-order valence-electron chi connectivity index (χ2n) is 4.20. The van der Waals surface area contributed by atoms with Crippen LogP contribution in [0.5, 0.6) is 0 Å². The lowest BCUT2D eigenvalue weighted by Crippen LogP contribution is -2.20. The fourth-order valence-corrected chi connectivity index (χ4v) is 2.46. The van der Waals surface area contributed by atoms with Crippen molar-refractivity contribution < 1.29 is 0 Å². The van der Waals surface area contributed by atoms with E-state index in [9.17, 15) is 0 Å². The Morgan fingerprint density at radius 1 is 1.13 bits per heavy atom. The molecule has 0 radical (unpaired) electrons. The molecule has 0 amide bonds. The molecular weight excluding hydrogens is 202 g/mol. The van der Waals surface area contributed by atoms with Gasteiger partial charge in [0.05, 0.1) is 0 Å². The number of benzene rings is 1. The zero-order valence-corrected chi connectivity index (χ0v) is 11.2. The second kappa shape index (κ2) is 5.04. The highest BCUT2D eigenvalue weighted by Crippen LogP contribution is 2.27. The lowest BCUT2D eigenvalue weighted by Gasteiger charge is -2.22. The zero-order valence-electron chi connectivity index (χ0n) is 10.3. The van der Waals surface area contributed by atoms with Gasteiger partial charge in [0, 0.05) is 11.8 Å². The van der Waals surface area contributed by atoms with Crippen LogP contribution in [0.15, 0.2) is 6.07 Å². The molecule has 1 rings (SSSR count). The van der Waals surface area contributed by atoms with Crippen LogP contribution in [0, 0.1) is 27.7 Å². The summed E-state index contributed by atoms with van der Waals surface area (Å²) in [7, 11) is 2.00. The van der Waals surface area contributed by atoms with Crippen molar-refractivity contribution in [1.82, 2.24) is 5.32 Å². The lowest BCUT2D eigenvalue weighted by molar-refractivity contribution is 0.653. The molecule has 0 aliphatic carbocycles. The Morgan fingerprint density at radius 3 is 1.93 bits per heavy atom. The standard InChI is InChI=1S/C13H21NS/c1-8-6-9(2)11(4)13(10(8)3)12(7-15)14-5/h6,12,14-15H,7H2,1-5H3. The third kappa shape index (κ3) is 2.37. The summed E-state index contributed by atoms with van der Waals surface area (Å²) in [5.74, 6) is 0.834. The van der Waals surface area contributed by atoms with Crippen LogP contribution in [0.1, 0.15) is 33.9 Å². The van der Waals surface area contributed by atoms with E-state index in [4.69, 9.17) is 0 Å². The van der Waals surface area contributed by atoms with Crippen LogP contribution in [-0.4, -0.2) is 12.8 Å². The molecule has 0 spiro atoms. The SMILES string of the molecule is CNC(CS)c1c(C)c(C)cc(C)c1C. The maximum absolute atomic E-state index is 4.41. The smallest absolute Gasteiger partial charge is 0.0412 e. The van der Waals surface area contributed by atoms with Gasteiger partial charge in [-0.3, -0.25) is 0 Å². The summed E-state index contributed by atoms with van der Waals surface area (Å²) in [6.07, 6.45) is 0. The molecule has 0 aromatic heterocycles. The minimum absolute atomic E-state index is 0.354. The summed E-state index contributed by atoms with van der Waals surface area (Å²) < 4.78 is 0. The normalized spacial score (nSPS) is 12.9. The molecule has 1 aromatic rings. The molecule has 0 saturated heterocycles. The topological polar surface area (TPSA) is 12.0 Å². The summed E-state index contributed by atoms with van der Waals surface area (Å²) in [5, 5.41) is 3.33. The van der Waals surface area contributed by atoms with Gasteiger partial charge >= 0.3 is 0 Å². The molecule has 0 saturated carbocycles. The van der Waals surface area contributed by atoms with E-state index < -0.39 is 0 Å². The number of hydrogen-bond donors (Lipinski definition) is 2. The van der Waals surface area contributed by atoms with Crippen LogP contribution < -0.4 is 5.32 Å². The van der Waals surface area contributed by atoms with Crippen molar-refractivity contribution >= 4 is 12.6 Å². The Bertz CT molecular complexity index is 328. The first-order valence-electron chi connectivity index (χ1n) is 5.38. The van der Waals surface area contributed by atoms with Crippen molar-refractivity contribution in [3.63, 3.8) is 0 Å². The molecule has 1 N–H and O–H groups in total. The van der Waals surface area contributed by atoms with E-state index in [1.807, 2.05) is 7.05 Å². The van der Waals surface area contributed by atoms with Crippen molar-refractivity contribution in [3.8, 4) is 0 Å². The zero-order chi connectivity index (χ0) is 11.6. The third-order valence-electron chi connectivity index (χ3n) is 3.30. The van der Waals surface area contributed by atoms with Crippen LogP contribution >= 0.6 is 12.6 Å². The maximum Gasteiger partial charge on any atom is 0.0412 e. The van der Waals surface area contributed by atoms with Crippen molar-refractivity contribution in [2.45, 2.75) is 33.7 Å². The predicted octanol–water partition coefficient (Wildman–Crippen LogP) is 3.11. The summed E-state index contributed by atoms with van der Waals surface area (Å²) in [6.45, 7) is 8.75. The number of rotatable bonds is 3. The summed E-state index contributed by atoms with van der Waals surface area (Å²) >= 11 is 4.41. The number of thiol groups is 1. The average molecular weight is 223 g/mol. The molecule has 2 heteroatoms. The lowest BCUT2D eigenvalue weighted by atomic mass is 9.90. The maximum atomic E-state index is 4.41. The molecule has 1 nitrogen and oxygen atoms in total. The molecule has 1 atom stereocenters. The number of hydrogen-bond acceptors (Lipinski definition) is 2. The van der Waals surface area contributed by atoms with Gasteiger partial charge in [0.25, 0.3) is 0 Å². The molecule has 1 aromatic carbocycles.